The van der Waals surface area contributed by atoms with Crippen LogP contribution in [-0.2, 0) is 0 Å². The van der Waals surface area contributed by atoms with E-state index in [0.717, 1.165) is 6.42 Å². The molecule has 1 unspecified atom stereocenters. The standard InChI is InChI=1S/C14H20BrNO4/c1-5-9(8-15)16-14(17)10-6-12(19-3)13(20-4)7-11(10)18-2/h6-7,9H,5,8H2,1-4H3,(H,16,17). The average molecular weight is 346 g/mol. The van der Waals surface area contributed by atoms with Crippen LogP contribution in [0.15, 0.2) is 12.1 Å². The maximum atomic E-state index is 12.3. The summed E-state index contributed by atoms with van der Waals surface area (Å²) >= 11 is 3.37. The predicted molar refractivity (Wildman–Crippen MR) is 81.4 cm³/mol. The van der Waals surface area contributed by atoms with Gasteiger partial charge in [0.05, 0.1) is 26.9 Å². The van der Waals surface area contributed by atoms with Crippen LogP contribution in [0.4, 0.5) is 0 Å². The number of rotatable bonds is 7. The van der Waals surface area contributed by atoms with E-state index in [1.54, 1.807) is 12.1 Å². The van der Waals surface area contributed by atoms with Gasteiger partial charge < -0.3 is 19.5 Å². The van der Waals surface area contributed by atoms with Crippen LogP contribution < -0.4 is 19.5 Å². The molecule has 1 N–H and O–H groups in total. The lowest BCUT2D eigenvalue weighted by atomic mass is 10.1. The Kier molecular flexibility index (Phi) is 6.64. The maximum Gasteiger partial charge on any atom is 0.255 e. The molecule has 0 aliphatic heterocycles. The summed E-state index contributed by atoms with van der Waals surface area (Å²) in [6.45, 7) is 2.01. The van der Waals surface area contributed by atoms with E-state index in [-0.39, 0.29) is 11.9 Å². The van der Waals surface area contributed by atoms with Crippen LogP contribution >= 0.6 is 15.9 Å². The topological polar surface area (TPSA) is 56.8 Å². The fourth-order valence-electron chi connectivity index (χ4n) is 1.72. The lowest BCUT2D eigenvalue weighted by Crippen LogP contribution is -2.35. The first kappa shape index (κ1) is 16.6. The van der Waals surface area contributed by atoms with E-state index >= 15 is 0 Å². The number of alkyl halides is 1. The third-order valence-electron chi connectivity index (χ3n) is 2.96. The third kappa shape index (κ3) is 3.79. The van der Waals surface area contributed by atoms with Crippen LogP contribution in [0.25, 0.3) is 0 Å². The number of nitrogens with one attached hydrogen (secondary N) is 1. The van der Waals surface area contributed by atoms with Crippen LogP contribution in [-0.4, -0.2) is 38.6 Å². The Labute approximate surface area is 127 Å². The highest BCUT2D eigenvalue weighted by molar-refractivity contribution is 9.09. The fraction of sp³-hybridized carbons (Fsp3) is 0.500. The summed E-state index contributed by atoms with van der Waals surface area (Å²) in [4.78, 5) is 12.3. The Bertz CT molecular complexity index is 461. The van der Waals surface area contributed by atoms with E-state index in [1.165, 1.54) is 21.3 Å². The molecule has 5 nitrogen and oxygen atoms in total. The van der Waals surface area contributed by atoms with Crippen molar-refractivity contribution < 1.29 is 19.0 Å². The summed E-state index contributed by atoms with van der Waals surface area (Å²) in [6.07, 6.45) is 0.840. The Hall–Kier alpha value is -1.43. The van der Waals surface area contributed by atoms with Crippen LogP contribution in [0.1, 0.15) is 23.7 Å². The van der Waals surface area contributed by atoms with Crippen molar-refractivity contribution in [2.75, 3.05) is 26.7 Å². The highest BCUT2D eigenvalue weighted by atomic mass is 79.9. The lowest BCUT2D eigenvalue weighted by molar-refractivity contribution is 0.0936. The van der Waals surface area contributed by atoms with Gasteiger partial charge in [0.15, 0.2) is 11.5 Å². The van der Waals surface area contributed by atoms with Gasteiger partial charge in [-0.25, -0.2) is 0 Å². The zero-order valence-corrected chi connectivity index (χ0v) is 13.7. The normalized spacial score (nSPS) is 11.7. The smallest absolute Gasteiger partial charge is 0.255 e. The van der Waals surface area contributed by atoms with Gasteiger partial charge in [-0.2, -0.15) is 0 Å². The molecule has 1 rings (SSSR count). The molecule has 0 spiro atoms. The van der Waals surface area contributed by atoms with E-state index < -0.39 is 0 Å². The first-order valence-corrected chi connectivity index (χ1v) is 7.40. The van der Waals surface area contributed by atoms with E-state index in [1.807, 2.05) is 6.92 Å². The molecule has 1 amide bonds. The second-order valence-corrected chi connectivity index (χ2v) is 4.79. The van der Waals surface area contributed by atoms with Crippen LogP contribution in [0.2, 0.25) is 0 Å². The molecule has 0 aromatic heterocycles. The number of benzene rings is 1. The molecule has 0 saturated heterocycles. The molecule has 112 valence electrons. The van der Waals surface area contributed by atoms with Crippen molar-refractivity contribution in [1.29, 1.82) is 0 Å². The largest absolute Gasteiger partial charge is 0.496 e. The maximum absolute atomic E-state index is 12.3. The molecule has 6 heteroatoms. The van der Waals surface area contributed by atoms with Gasteiger partial charge in [-0.1, -0.05) is 22.9 Å². The number of ether oxygens (including phenoxy) is 3. The summed E-state index contributed by atoms with van der Waals surface area (Å²) in [5.41, 5.74) is 0.421. The zero-order valence-electron chi connectivity index (χ0n) is 12.2. The van der Waals surface area contributed by atoms with Gasteiger partial charge in [-0.3, -0.25) is 4.79 Å². The monoisotopic (exact) mass is 345 g/mol. The molecule has 0 fully saturated rings. The van der Waals surface area contributed by atoms with Gasteiger partial charge in [0.2, 0.25) is 0 Å². The van der Waals surface area contributed by atoms with Gasteiger partial charge in [0.25, 0.3) is 5.91 Å². The van der Waals surface area contributed by atoms with Gasteiger partial charge in [0.1, 0.15) is 5.75 Å². The van der Waals surface area contributed by atoms with E-state index in [9.17, 15) is 4.79 Å². The number of methoxy groups -OCH3 is 3. The molecule has 0 bridgehead atoms. The van der Waals surface area contributed by atoms with Crippen LogP contribution in [0.5, 0.6) is 17.2 Å². The van der Waals surface area contributed by atoms with Crippen molar-refractivity contribution in [2.24, 2.45) is 0 Å². The van der Waals surface area contributed by atoms with Gasteiger partial charge in [0, 0.05) is 23.5 Å². The predicted octanol–water partition coefficient (Wildman–Crippen LogP) is 2.62. The molecular weight excluding hydrogens is 326 g/mol. The highest BCUT2D eigenvalue weighted by Crippen LogP contribution is 2.34. The molecule has 0 saturated carbocycles. The van der Waals surface area contributed by atoms with Crippen molar-refractivity contribution in [3.8, 4) is 17.2 Å². The molecule has 0 aliphatic rings. The first-order chi connectivity index (χ1) is 9.60. The van der Waals surface area contributed by atoms with Gasteiger partial charge in [-0.05, 0) is 6.42 Å². The number of carbonyl (C=O) groups excluding carboxylic acids is 1. The molecule has 1 aromatic rings. The summed E-state index contributed by atoms with van der Waals surface area (Å²) < 4.78 is 15.7. The second kappa shape index (κ2) is 7.99. The summed E-state index contributed by atoms with van der Waals surface area (Å²) in [5.74, 6) is 1.26. The quantitative estimate of drug-likeness (QED) is 0.771. The summed E-state index contributed by atoms with van der Waals surface area (Å²) in [6, 6.07) is 3.33. The summed E-state index contributed by atoms with van der Waals surface area (Å²) in [7, 11) is 4.58. The van der Waals surface area contributed by atoms with Crippen molar-refractivity contribution in [3.05, 3.63) is 17.7 Å². The lowest BCUT2D eigenvalue weighted by Gasteiger charge is -2.17. The molecule has 0 aliphatic carbocycles. The highest BCUT2D eigenvalue weighted by Gasteiger charge is 2.19. The average Bonchev–Trinajstić information content (AvgIpc) is 2.50. The molecular formula is C14H20BrNO4. The minimum atomic E-state index is -0.200. The van der Waals surface area contributed by atoms with Crippen molar-refractivity contribution in [3.63, 3.8) is 0 Å². The molecule has 20 heavy (non-hydrogen) atoms. The number of carbonyl (C=O) groups is 1. The minimum absolute atomic E-state index is 0.0697. The van der Waals surface area contributed by atoms with E-state index in [4.69, 9.17) is 14.2 Å². The van der Waals surface area contributed by atoms with Crippen molar-refractivity contribution in [1.82, 2.24) is 5.32 Å². The number of hydrogen-bond donors (Lipinski definition) is 1. The Balaban J connectivity index is 3.12. The van der Waals surface area contributed by atoms with Crippen molar-refractivity contribution >= 4 is 21.8 Å². The van der Waals surface area contributed by atoms with Crippen LogP contribution in [0.3, 0.4) is 0 Å². The Morgan fingerprint density at radius 2 is 1.70 bits per heavy atom. The zero-order chi connectivity index (χ0) is 15.1. The van der Waals surface area contributed by atoms with Gasteiger partial charge >= 0.3 is 0 Å². The third-order valence-corrected chi connectivity index (χ3v) is 3.75. The molecule has 1 aromatic carbocycles. The SMILES string of the molecule is CCC(CBr)NC(=O)c1cc(OC)c(OC)cc1OC. The molecule has 1 atom stereocenters. The van der Waals surface area contributed by atoms with E-state index in [2.05, 4.69) is 21.2 Å². The molecule has 0 heterocycles. The first-order valence-electron chi connectivity index (χ1n) is 6.28. The summed E-state index contributed by atoms with van der Waals surface area (Å²) in [5, 5.41) is 3.63. The number of hydrogen-bond acceptors (Lipinski definition) is 4. The second-order valence-electron chi connectivity index (χ2n) is 4.14. The molecule has 0 radical (unpaired) electrons. The number of halogens is 1. The van der Waals surface area contributed by atoms with Crippen molar-refractivity contribution in [2.45, 2.75) is 19.4 Å². The Morgan fingerprint density at radius 1 is 1.15 bits per heavy atom. The fourth-order valence-corrected chi connectivity index (χ4v) is 2.34. The van der Waals surface area contributed by atoms with Crippen LogP contribution in [0, 0.1) is 0 Å². The van der Waals surface area contributed by atoms with E-state index in [0.29, 0.717) is 28.1 Å². The number of amides is 1. The van der Waals surface area contributed by atoms with Gasteiger partial charge in [-0.15, -0.1) is 0 Å². The Morgan fingerprint density at radius 3 is 2.15 bits per heavy atom. The minimum Gasteiger partial charge on any atom is -0.496 e.